The Morgan fingerprint density at radius 1 is 0.953 bits per heavy atom. The van der Waals surface area contributed by atoms with Crippen molar-refractivity contribution in [1.82, 2.24) is 19.5 Å². The van der Waals surface area contributed by atoms with Crippen LogP contribution in [0.2, 0.25) is 0 Å². The number of hydrogen-bond donors (Lipinski definition) is 0. The molecular formula is C33H50F3N5O2. The summed E-state index contributed by atoms with van der Waals surface area (Å²) >= 11 is 0. The molecule has 2 aromatic heterocycles. The van der Waals surface area contributed by atoms with E-state index in [1.54, 1.807) is 24.3 Å². The molecule has 0 N–H and O–H groups in total. The highest BCUT2D eigenvalue weighted by atomic mass is 19.3. The highest BCUT2D eigenvalue weighted by Gasteiger charge is 2.23. The molecule has 1 aromatic carbocycles. The van der Waals surface area contributed by atoms with E-state index in [9.17, 15) is 13.2 Å². The molecule has 5 rings (SSSR count). The van der Waals surface area contributed by atoms with Crippen LogP contribution >= 0.6 is 0 Å². The zero-order valence-corrected chi connectivity index (χ0v) is 26.6. The predicted molar refractivity (Wildman–Crippen MR) is 167 cm³/mol. The lowest BCUT2D eigenvalue weighted by molar-refractivity contribution is 0.122. The maximum absolute atomic E-state index is 13.6. The van der Waals surface area contributed by atoms with Crippen LogP contribution in [-0.2, 0) is 4.74 Å². The summed E-state index contributed by atoms with van der Waals surface area (Å²) in [5, 5.41) is 0. The number of aromatic nitrogens is 4. The number of nitrogens with zero attached hydrogens (tertiary/aromatic N) is 5. The third-order valence-electron chi connectivity index (χ3n) is 8.33. The van der Waals surface area contributed by atoms with Gasteiger partial charge in [0, 0.05) is 19.2 Å². The van der Waals surface area contributed by atoms with Crippen molar-refractivity contribution in [2.45, 2.75) is 98.1 Å². The van der Waals surface area contributed by atoms with Gasteiger partial charge in [-0.1, -0.05) is 84.8 Å². The Morgan fingerprint density at radius 2 is 1.65 bits per heavy atom. The van der Waals surface area contributed by atoms with Gasteiger partial charge in [-0.15, -0.1) is 0 Å². The fourth-order valence-corrected chi connectivity index (χ4v) is 5.51. The molecule has 240 valence electrons. The first kappa shape index (κ1) is 34.6. The first-order valence-electron chi connectivity index (χ1n) is 16.0. The Morgan fingerprint density at radius 3 is 2.23 bits per heavy atom. The van der Waals surface area contributed by atoms with E-state index in [0.717, 1.165) is 24.7 Å². The Labute approximate surface area is 255 Å². The summed E-state index contributed by atoms with van der Waals surface area (Å²) in [5.41, 5.74) is 1.03. The van der Waals surface area contributed by atoms with Crippen LogP contribution in [0.3, 0.4) is 0 Å². The van der Waals surface area contributed by atoms with Gasteiger partial charge in [-0.3, -0.25) is 4.57 Å². The van der Waals surface area contributed by atoms with E-state index in [1.807, 2.05) is 18.7 Å². The number of benzene rings is 1. The van der Waals surface area contributed by atoms with E-state index >= 15 is 0 Å². The molecular weight excluding hydrogens is 555 g/mol. The van der Waals surface area contributed by atoms with Gasteiger partial charge >= 0.3 is 0 Å². The smallest absolute Gasteiger partial charge is 0.296 e. The van der Waals surface area contributed by atoms with E-state index < -0.39 is 12.6 Å². The van der Waals surface area contributed by atoms with E-state index in [0.29, 0.717) is 61.4 Å². The molecule has 2 fully saturated rings. The molecule has 43 heavy (non-hydrogen) atoms. The molecule has 1 unspecified atom stereocenters. The van der Waals surface area contributed by atoms with Crippen molar-refractivity contribution >= 4 is 17.0 Å². The van der Waals surface area contributed by atoms with E-state index in [1.165, 1.54) is 56.3 Å². The van der Waals surface area contributed by atoms with Gasteiger partial charge in [0.15, 0.2) is 5.82 Å². The molecule has 1 aliphatic carbocycles. The van der Waals surface area contributed by atoms with Gasteiger partial charge in [0.2, 0.25) is 11.8 Å². The molecule has 1 aliphatic heterocycles. The molecule has 1 saturated carbocycles. The fraction of sp³-hybridized carbons (Fsp3) is 0.667. The van der Waals surface area contributed by atoms with Crippen molar-refractivity contribution in [2.75, 3.05) is 38.3 Å². The summed E-state index contributed by atoms with van der Waals surface area (Å²) in [6.45, 7) is 11.0. The van der Waals surface area contributed by atoms with Crippen molar-refractivity contribution in [3.05, 3.63) is 36.2 Å². The summed E-state index contributed by atoms with van der Waals surface area (Å²) in [5.74, 6) is 2.71. The average molecular weight is 606 g/mol. The molecule has 2 aliphatic rings. The molecule has 10 heteroatoms. The fourth-order valence-electron chi connectivity index (χ4n) is 5.51. The molecule has 0 spiro atoms. The highest BCUT2D eigenvalue weighted by Crippen LogP contribution is 2.31. The number of alkyl halides is 3. The standard InChI is InChI=1S/C17H17F2N5O2.C10H20.C6H13F/c1-25-14-10-13(21-17(22-14)23-6-8-26-9-7-23)24-12-5-3-2-4-11(12)20-16(24)15(18)19;1-3-9(2)10-7-5-4-6-8-10;1-3-5-6(7)4-2/h2-5,10,15H,6-9H2,1H3;9-10H,3-8H2,1-2H3;6H,3-5H2,1-2H3/t;;6-/m..1/s1. The number of imidazole rings is 1. The first-order valence-corrected chi connectivity index (χ1v) is 16.0. The molecule has 3 aromatic rings. The van der Waals surface area contributed by atoms with Gasteiger partial charge in [0.05, 0.1) is 37.5 Å². The second-order valence-electron chi connectivity index (χ2n) is 11.3. The quantitative estimate of drug-likeness (QED) is 0.243. The van der Waals surface area contributed by atoms with Crippen LogP contribution in [0.4, 0.5) is 19.1 Å². The Kier molecular flexibility index (Phi) is 14.5. The average Bonchev–Trinajstić information content (AvgIpc) is 3.46. The number of methoxy groups -OCH3 is 1. The van der Waals surface area contributed by atoms with Gasteiger partial charge in [0.25, 0.3) is 6.43 Å². The van der Waals surface area contributed by atoms with E-state index in [-0.39, 0.29) is 5.82 Å². The molecule has 0 bridgehead atoms. The number of halogens is 3. The Hall–Kier alpha value is -2.88. The largest absolute Gasteiger partial charge is 0.481 e. The number of para-hydroxylation sites is 2. The maximum atomic E-state index is 13.6. The number of anilines is 1. The number of rotatable bonds is 9. The zero-order chi connectivity index (χ0) is 31.2. The van der Waals surface area contributed by atoms with Crippen molar-refractivity contribution in [3.8, 4) is 11.7 Å². The number of fused-ring (bicyclic) bond motifs is 1. The highest BCUT2D eigenvalue weighted by molar-refractivity contribution is 5.78. The lowest BCUT2D eigenvalue weighted by Crippen LogP contribution is -2.37. The van der Waals surface area contributed by atoms with Crippen molar-refractivity contribution in [2.24, 2.45) is 11.8 Å². The SMILES string of the molecule is CCC(C)C1CCCCC1.CCC[C@H](F)CC.COc1cc(-n2c(C(F)F)nc3ccccc32)nc(N2CCOCC2)n1. The Balaban J connectivity index is 0.000000245. The monoisotopic (exact) mass is 605 g/mol. The molecule has 3 heterocycles. The minimum Gasteiger partial charge on any atom is -0.481 e. The Bertz CT molecular complexity index is 1210. The van der Waals surface area contributed by atoms with Crippen molar-refractivity contribution in [1.29, 1.82) is 0 Å². The van der Waals surface area contributed by atoms with Crippen LogP contribution in [0.15, 0.2) is 30.3 Å². The third kappa shape index (κ3) is 10.1. The van der Waals surface area contributed by atoms with Crippen molar-refractivity contribution in [3.63, 3.8) is 0 Å². The lowest BCUT2D eigenvalue weighted by Gasteiger charge is -2.27. The summed E-state index contributed by atoms with van der Waals surface area (Å²) < 4.78 is 51.3. The number of ether oxygens (including phenoxy) is 2. The molecule has 1 saturated heterocycles. The summed E-state index contributed by atoms with van der Waals surface area (Å²) in [4.78, 5) is 14.9. The second kappa shape index (κ2) is 18.0. The van der Waals surface area contributed by atoms with Gasteiger partial charge in [-0.05, 0) is 36.8 Å². The van der Waals surface area contributed by atoms with Crippen LogP contribution in [0.25, 0.3) is 16.9 Å². The van der Waals surface area contributed by atoms with E-state index in [4.69, 9.17) is 9.47 Å². The number of morpholine rings is 1. The van der Waals surface area contributed by atoms with Crippen LogP contribution in [0.5, 0.6) is 5.88 Å². The summed E-state index contributed by atoms with van der Waals surface area (Å²) in [6.07, 6.45) is 7.96. The molecule has 2 atom stereocenters. The van der Waals surface area contributed by atoms with Gasteiger partial charge < -0.3 is 14.4 Å². The lowest BCUT2D eigenvalue weighted by atomic mass is 9.80. The van der Waals surface area contributed by atoms with Crippen LogP contribution in [0, 0.1) is 11.8 Å². The van der Waals surface area contributed by atoms with Crippen molar-refractivity contribution < 1.29 is 22.6 Å². The van der Waals surface area contributed by atoms with Gasteiger partial charge in [0.1, 0.15) is 5.82 Å². The third-order valence-corrected chi connectivity index (χ3v) is 8.33. The van der Waals surface area contributed by atoms with Crippen LogP contribution in [0.1, 0.15) is 97.7 Å². The molecule has 0 radical (unpaired) electrons. The topological polar surface area (TPSA) is 65.3 Å². The summed E-state index contributed by atoms with van der Waals surface area (Å²) in [6, 6.07) is 8.49. The minimum absolute atomic E-state index is 0.294. The van der Waals surface area contributed by atoms with E-state index in [2.05, 4.69) is 28.8 Å². The van der Waals surface area contributed by atoms with Gasteiger partial charge in [-0.25, -0.2) is 18.2 Å². The van der Waals surface area contributed by atoms with Gasteiger partial charge in [-0.2, -0.15) is 9.97 Å². The maximum Gasteiger partial charge on any atom is 0.296 e. The number of hydrogen-bond acceptors (Lipinski definition) is 6. The second-order valence-corrected chi connectivity index (χ2v) is 11.3. The molecule has 7 nitrogen and oxygen atoms in total. The molecule has 0 amide bonds. The summed E-state index contributed by atoms with van der Waals surface area (Å²) in [7, 11) is 1.48. The predicted octanol–water partition coefficient (Wildman–Crippen LogP) is 8.75. The first-order chi connectivity index (χ1) is 20.8. The van der Waals surface area contributed by atoms with Crippen LogP contribution in [-0.4, -0.2) is 59.1 Å². The normalized spacial score (nSPS) is 17.1. The minimum atomic E-state index is -2.74. The zero-order valence-electron chi connectivity index (χ0n) is 26.6. The van der Waals surface area contributed by atoms with Crippen LogP contribution < -0.4 is 9.64 Å².